The van der Waals surface area contributed by atoms with E-state index in [2.05, 4.69) is 57.5 Å². The van der Waals surface area contributed by atoms with E-state index in [0.717, 1.165) is 89.2 Å². The Bertz CT molecular complexity index is 1710. The van der Waals surface area contributed by atoms with Crippen molar-refractivity contribution in [1.82, 2.24) is 15.0 Å². The van der Waals surface area contributed by atoms with Gasteiger partial charge in [-0.05, 0) is 168 Å². The predicted octanol–water partition coefficient (Wildman–Crippen LogP) is 9.60. The van der Waals surface area contributed by atoms with Crippen LogP contribution in [0.5, 0.6) is 0 Å². The molecular formula is C45H67N3O5. The smallest absolute Gasteiger partial charge is 0.312 e. The Labute approximate surface area is 318 Å². The summed E-state index contributed by atoms with van der Waals surface area (Å²) >= 11 is 0. The topological polar surface area (TPSA) is 100 Å². The van der Waals surface area contributed by atoms with Gasteiger partial charge < -0.3 is 9.47 Å². The second-order valence-corrected chi connectivity index (χ2v) is 22.0. The molecule has 8 fully saturated rings. The molecule has 0 N–H and O–H groups in total. The van der Waals surface area contributed by atoms with Gasteiger partial charge in [0.2, 0.25) is 0 Å². The highest BCUT2D eigenvalue weighted by molar-refractivity contribution is 5.88. The normalized spacial score (nSPS) is 51.1. The maximum absolute atomic E-state index is 14.2. The van der Waals surface area contributed by atoms with E-state index in [1.165, 1.54) is 32.1 Å². The molecule has 1 aromatic heterocycles. The molecule has 0 saturated heterocycles. The van der Waals surface area contributed by atoms with Crippen molar-refractivity contribution in [1.29, 1.82) is 0 Å². The van der Waals surface area contributed by atoms with Crippen molar-refractivity contribution >= 4 is 17.7 Å². The Hall–Kier alpha value is -2.25. The van der Waals surface area contributed by atoms with Gasteiger partial charge in [-0.25, -0.2) is 4.68 Å². The number of esters is 2. The number of carbonyl (C=O) groups excluding carboxylic acids is 3. The Kier molecular flexibility index (Phi) is 8.00. The molecule has 0 aromatic carbocycles. The average molecular weight is 730 g/mol. The van der Waals surface area contributed by atoms with Gasteiger partial charge in [-0.15, -0.1) is 5.10 Å². The molecule has 0 aliphatic heterocycles. The van der Waals surface area contributed by atoms with E-state index in [1.54, 1.807) is 0 Å². The second kappa shape index (κ2) is 11.6. The number of ketones is 1. The fraction of sp³-hybridized carbons (Fsp3) is 0.889. The van der Waals surface area contributed by atoms with Gasteiger partial charge in [-0.1, -0.05) is 45.7 Å². The molecule has 8 aliphatic rings. The Morgan fingerprint density at radius 1 is 0.736 bits per heavy atom. The lowest BCUT2D eigenvalue weighted by Gasteiger charge is -2.64. The molecule has 8 aliphatic carbocycles. The van der Waals surface area contributed by atoms with E-state index >= 15 is 0 Å². The Morgan fingerprint density at radius 3 is 1.98 bits per heavy atom. The zero-order chi connectivity index (χ0) is 37.5. The van der Waals surface area contributed by atoms with Crippen LogP contribution in [0.4, 0.5) is 0 Å². The first-order chi connectivity index (χ1) is 25.0. The molecule has 8 saturated carbocycles. The maximum Gasteiger partial charge on any atom is 0.312 e. The maximum atomic E-state index is 14.2. The van der Waals surface area contributed by atoms with E-state index in [1.807, 2.05) is 6.92 Å². The van der Waals surface area contributed by atoms with Crippen LogP contribution in [-0.4, -0.2) is 39.3 Å². The number of rotatable bonds is 6. The zero-order valence-corrected chi connectivity index (χ0v) is 34.0. The van der Waals surface area contributed by atoms with Crippen molar-refractivity contribution in [2.24, 2.45) is 67.0 Å². The van der Waals surface area contributed by atoms with Gasteiger partial charge in [0.15, 0.2) is 0 Å². The molecule has 2 spiro atoms. The summed E-state index contributed by atoms with van der Waals surface area (Å²) in [6, 6.07) is 0.274. The summed E-state index contributed by atoms with van der Waals surface area (Å²) in [4.78, 5) is 40.8. The number of carbonyl (C=O) groups is 3. The van der Waals surface area contributed by atoms with Crippen molar-refractivity contribution in [2.45, 2.75) is 177 Å². The van der Waals surface area contributed by atoms with E-state index < -0.39 is 5.41 Å². The van der Waals surface area contributed by atoms with Crippen LogP contribution in [0.2, 0.25) is 0 Å². The summed E-state index contributed by atoms with van der Waals surface area (Å²) in [5, 5.41) is 9.38. The number of aromatic nitrogens is 3. The van der Waals surface area contributed by atoms with Crippen LogP contribution in [0, 0.1) is 67.0 Å². The third-order valence-electron chi connectivity index (χ3n) is 19.4. The van der Waals surface area contributed by atoms with Gasteiger partial charge in [-0.2, -0.15) is 0 Å². The molecule has 53 heavy (non-hydrogen) atoms. The molecular weight excluding hydrogens is 663 g/mol. The minimum atomic E-state index is -0.518. The fourth-order valence-corrected chi connectivity index (χ4v) is 17.3. The van der Waals surface area contributed by atoms with E-state index in [4.69, 9.17) is 14.7 Å². The molecule has 1 heterocycles. The van der Waals surface area contributed by atoms with Crippen molar-refractivity contribution in [3.63, 3.8) is 0 Å². The molecule has 1 aromatic rings. The molecule has 0 unspecified atom stereocenters. The first-order valence-electron chi connectivity index (χ1n) is 21.8. The quantitative estimate of drug-likeness (QED) is 0.269. The third-order valence-corrected chi connectivity index (χ3v) is 19.4. The first kappa shape index (κ1) is 36.4. The number of nitrogens with zero attached hydrogens (tertiary/aromatic N) is 3. The van der Waals surface area contributed by atoms with Crippen molar-refractivity contribution < 1.29 is 23.9 Å². The van der Waals surface area contributed by atoms with Crippen LogP contribution in [-0.2, 0) is 30.5 Å². The minimum Gasteiger partial charge on any atom is -0.466 e. The summed E-state index contributed by atoms with van der Waals surface area (Å²) in [6.07, 6.45) is 21.4. The van der Waals surface area contributed by atoms with Crippen LogP contribution in [0.15, 0.2) is 6.20 Å². The second-order valence-electron chi connectivity index (χ2n) is 22.0. The van der Waals surface area contributed by atoms with Crippen molar-refractivity contribution in [3.05, 3.63) is 11.9 Å². The number of hydrogen-bond acceptors (Lipinski definition) is 7. The van der Waals surface area contributed by atoms with E-state index in [-0.39, 0.29) is 68.4 Å². The van der Waals surface area contributed by atoms with E-state index in [9.17, 15) is 14.4 Å². The highest BCUT2D eigenvalue weighted by atomic mass is 16.5. The van der Waals surface area contributed by atoms with Gasteiger partial charge in [0.05, 0.1) is 29.7 Å². The van der Waals surface area contributed by atoms with Crippen LogP contribution in [0.25, 0.3) is 0 Å². The van der Waals surface area contributed by atoms with Gasteiger partial charge in [0, 0.05) is 11.8 Å². The molecule has 9 rings (SSSR count). The largest absolute Gasteiger partial charge is 0.466 e. The SMILES string of the molecule is CCOC(=O)[C@]1(C)CCC[C@@]2(C)[C@@H]3CC[C@@]4(C)C[C@]3(CC[C@@H]21)C[C@H]4n1cc(COC(=O)[C@]2(C)CCC[C@@]3(C)[C@@H]4CC[C@@]5(C)C[C@]4(CC[C@@H]32)CC5=O)nn1. The van der Waals surface area contributed by atoms with Gasteiger partial charge >= 0.3 is 11.9 Å². The summed E-state index contributed by atoms with van der Waals surface area (Å²) in [5.41, 5.74) is 0.483. The molecule has 0 amide bonds. The summed E-state index contributed by atoms with van der Waals surface area (Å²) in [6.45, 7) is 16.6. The zero-order valence-electron chi connectivity index (χ0n) is 34.0. The lowest BCUT2D eigenvalue weighted by molar-refractivity contribution is -0.189. The van der Waals surface area contributed by atoms with Gasteiger partial charge in [0.25, 0.3) is 0 Å². The van der Waals surface area contributed by atoms with Gasteiger partial charge in [0.1, 0.15) is 18.1 Å². The van der Waals surface area contributed by atoms with Crippen LogP contribution >= 0.6 is 0 Å². The highest BCUT2D eigenvalue weighted by Crippen LogP contribution is 2.76. The highest BCUT2D eigenvalue weighted by Gasteiger charge is 2.70. The third kappa shape index (κ3) is 4.86. The number of ether oxygens (including phenoxy) is 2. The van der Waals surface area contributed by atoms with Crippen LogP contribution < -0.4 is 0 Å². The predicted molar refractivity (Wildman–Crippen MR) is 201 cm³/mol. The number of fused-ring (bicyclic) bond motifs is 6. The van der Waals surface area contributed by atoms with Crippen molar-refractivity contribution in [3.8, 4) is 0 Å². The molecule has 4 bridgehead atoms. The molecule has 8 heteroatoms. The van der Waals surface area contributed by atoms with Crippen LogP contribution in [0.3, 0.4) is 0 Å². The minimum absolute atomic E-state index is 0.0226. The summed E-state index contributed by atoms with van der Waals surface area (Å²) in [5.74, 6) is 2.22. The molecule has 8 nitrogen and oxygen atoms in total. The summed E-state index contributed by atoms with van der Waals surface area (Å²) in [7, 11) is 0. The average Bonchev–Trinajstić information content (AvgIpc) is 3.70. The first-order valence-corrected chi connectivity index (χ1v) is 21.8. The molecule has 0 radical (unpaired) electrons. The van der Waals surface area contributed by atoms with Crippen LogP contribution in [0.1, 0.15) is 176 Å². The van der Waals surface area contributed by atoms with Crippen molar-refractivity contribution in [2.75, 3.05) is 6.61 Å². The van der Waals surface area contributed by atoms with E-state index in [0.29, 0.717) is 30.1 Å². The summed E-state index contributed by atoms with van der Waals surface area (Å²) < 4.78 is 14.1. The standard InChI is InChI=1S/C45H67N3O5/c1-8-52-36(50)42(6)17-9-15-40(4)30(42)13-21-44-23-34(38(2,27-44)19-11-32(40)44)48-25-29(46-47-48)26-53-37(51)43(7)18-10-16-41(5)31(43)14-22-45-24-35(49)39(3,28-45)20-12-33(41)45/h25,30-34H,8-24,26-28H2,1-7H3/t30-,31-,32-,33-,34+,38-,39-,40+,41+,42+,43+,44-,45-/m0/s1. The fourth-order valence-electron chi connectivity index (χ4n) is 17.3. The molecule has 13 atom stereocenters. The lowest BCUT2D eigenvalue weighted by Crippen LogP contribution is -2.58. The number of Topliss-reactive ketones (excluding diaryl/α,β-unsaturated/α-hetero) is 1. The Morgan fingerprint density at radius 2 is 1.32 bits per heavy atom. The lowest BCUT2D eigenvalue weighted by atomic mass is 9.40. The Balaban J connectivity index is 0.892. The molecule has 292 valence electrons. The number of hydrogen-bond donors (Lipinski definition) is 0. The monoisotopic (exact) mass is 730 g/mol. The van der Waals surface area contributed by atoms with Gasteiger partial charge in [-0.3, -0.25) is 14.4 Å².